The molecule has 0 aromatic carbocycles. The lowest BCUT2D eigenvalue weighted by Gasteiger charge is -2.20. The van der Waals surface area contributed by atoms with Crippen molar-refractivity contribution in [1.29, 1.82) is 0 Å². The number of nitrogens with zero attached hydrogens (tertiary/aromatic N) is 5. The third-order valence-electron chi connectivity index (χ3n) is 5.27. The number of guanidine groups is 1. The number of rotatable bonds is 10. The van der Waals surface area contributed by atoms with Gasteiger partial charge in [0, 0.05) is 26.1 Å². The number of furan rings is 1. The van der Waals surface area contributed by atoms with E-state index in [-0.39, 0.29) is 24.0 Å². The zero-order chi connectivity index (χ0) is 20.2. The molecule has 3 heterocycles. The van der Waals surface area contributed by atoms with Crippen LogP contribution >= 0.6 is 24.0 Å². The molecule has 0 unspecified atom stereocenters. The minimum atomic E-state index is 0. The van der Waals surface area contributed by atoms with E-state index in [1.807, 2.05) is 12.1 Å². The smallest absolute Gasteiger partial charge is 0.191 e. The fourth-order valence-corrected chi connectivity index (χ4v) is 3.64. The van der Waals surface area contributed by atoms with Gasteiger partial charge in [-0.2, -0.15) is 0 Å². The number of aromatic nitrogens is 3. The first-order valence-electron chi connectivity index (χ1n) is 11.0. The summed E-state index contributed by atoms with van der Waals surface area (Å²) < 4.78 is 7.48. The van der Waals surface area contributed by atoms with Crippen LogP contribution in [0.15, 0.2) is 34.1 Å². The van der Waals surface area contributed by atoms with E-state index in [9.17, 15) is 0 Å². The first kappa shape index (κ1) is 24.6. The molecular formula is C21H36IN7O. The van der Waals surface area contributed by atoms with Crippen molar-refractivity contribution < 1.29 is 4.42 Å². The van der Waals surface area contributed by atoms with Crippen LogP contribution in [0.2, 0.25) is 0 Å². The van der Waals surface area contributed by atoms with Crippen LogP contribution in [0.25, 0.3) is 0 Å². The van der Waals surface area contributed by atoms with Crippen LogP contribution in [0, 0.1) is 0 Å². The van der Waals surface area contributed by atoms with Crippen molar-refractivity contribution in [1.82, 2.24) is 30.3 Å². The van der Waals surface area contributed by atoms with Gasteiger partial charge in [0.1, 0.15) is 24.5 Å². The molecule has 8 nitrogen and oxygen atoms in total. The van der Waals surface area contributed by atoms with E-state index in [2.05, 4.69) is 42.2 Å². The van der Waals surface area contributed by atoms with E-state index in [0.717, 1.165) is 56.6 Å². The molecule has 0 radical (unpaired) electrons. The molecule has 0 spiro atoms. The summed E-state index contributed by atoms with van der Waals surface area (Å²) in [5, 5.41) is 15.0. The Morgan fingerprint density at radius 1 is 1.13 bits per heavy atom. The number of aliphatic imine (C=N–C) groups is 1. The van der Waals surface area contributed by atoms with Gasteiger partial charge in [0.2, 0.25) is 0 Å². The lowest BCUT2D eigenvalue weighted by Crippen LogP contribution is -2.40. The lowest BCUT2D eigenvalue weighted by atomic mass is 10.2. The van der Waals surface area contributed by atoms with Crippen molar-refractivity contribution in [2.75, 3.05) is 32.7 Å². The van der Waals surface area contributed by atoms with Gasteiger partial charge in [0.05, 0.1) is 6.26 Å². The average molecular weight is 529 g/mol. The molecule has 2 aromatic heterocycles. The molecule has 0 amide bonds. The molecule has 1 saturated heterocycles. The average Bonchev–Trinajstić information content (AvgIpc) is 3.35. The Kier molecular flexibility index (Phi) is 11.8. The second-order valence-corrected chi connectivity index (χ2v) is 7.50. The number of hydrogen-bond acceptors (Lipinski definition) is 5. The summed E-state index contributed by atoms with van der Waals surface area (Å²) in [5.74, 6) is 2.69. The highest BCUT2D eigenvalue weighted by Gasteiger charge is 2.08. The van der Waals surface area contributed by atoms with E-state index >= 15 is 0 Å². The molecule has 168 valence electrons. The van der Waals surface area contributed by atoms with Gasteiger partial charge in [-0.15, -0.1) is 34.2 Å². The summed E-state index contributed by atoms with van der Waals surface area (Å²) in [5.41, 5.74) is 0. The fraction of sp³-hybridized carbons (Fsp3) is 0.667. The van der Waals surface area contributed by atoms with Crippen LogP contribution in [0.4, 0.5) is 0 Å². The van der Waals surface area contributed by atoms with E-state index in [4.69, 9.17) is 4.42 Å². The summed E-state index contributed by atoms with van der Waals surface area (Å²) in [6.45, 7) is 8.75. The van der Waals surface area contributed by atoms with Crippen molar-refractivity contribution in [3.8, 4) is 0 Å². The molecule has 3 rings (SSSR count). The molecule has 9 heteroatoms. The van der Waals surface area contributed by atoms with E-state index in [1.165, 1.54) is 38.8 Å². The Balaban J connectivity index is 0.00000320. The largest absolute Gasteiger partial charge is 0.467 e. The topological polar surface area (TPSA) is 83.5 Å². The van der Waals surface area contributed by atoms with Gasteiger partial charge in [-0.3, -0.25) is 0 Å². The Morgan fingerprint density at radius 3 is 2.67 bits per heavy atom. The molecule has 30 heavy (non-hydrogen) atoms. The highest BCUT2D eigenvalue weighted by Crippen LogP contribution is 2.09. The van der Waals surface area contributed by atoms with E-state index in [0.29, 0.717) is 6.54 Å². The minimum absolute atomic E-state index is 0. The standard InChI is InChI=1S/C21H35N7O.HI/c1-2-20-26-25-18-28(20)15-11-23-21(24-17-19-9-7-16-29-19)22-10-8-14-27-12-5-3-4-6-13-27;/h7,9,16,18H,2-6,8,10-15,17H2,1H3,(H2,22,23,24);1H. The van der Waals surface area contributed by atoms with Crippen molar-refractivity contribution in [3.63, 3.8) is 0 Å². The quantitative estimate of drug-likeness (QED) is 0.213. The Bertz CT molecular complexity index is 709. The molecule has 0 aliphatic carbocycles. The number of halogens is 1. The molecule has 2 aromatic rings. The van der Waals surface area contributed by atoms with Crippen molar-refractivity contribution in [2.24, 2.45) is 4.99 Å². The van der Waals surface area contributed by atoms with Crippen LogP contribution in [-0.4, -0.2) is 58.3 Å². The van der Waals surface area contributed by atoms with Crippen LogP contribution in [0.3, 0.4) is 0 Å². The summed E-state index contributed by atoms with van der Waals surface area (Å²) >= 11 is 0. The van der Waals surface area contributed by atoms with Gasteiger partial charge in [0.15, 0.2) is 5.96 Å². The number of aryl methyl sites for hydroxylation is 1. The Morgan fingerprint density at radius 2 is 1.93 bits per heavy atom. The van der Waals surface area contributed by atoms with Gasteiger partial charge in [-0.05, 0) is 51.0 Å². The van der Waals surface area contributed by atoms with E-state index in [1.54, 1.807) is 12.6 Å². The Hall–Kier alpha value is -1.62. The predicted molar refractivity (Wildman–Crippen MR) is 130 cm³/mol. The van der Waals surface area contributed by atoms with Crippen molar-refractivity contribution >= 4 is 29.9 Å². The molecule has 0 bridgehead atoms. The predicted octanol–water partition coefficient (Wildman–Crippen LogP) is 3.05. The maximum absolute atomic E-state index is 5.40. The second-order valence-electron chi connectivity index (χ2n) is 7.50. The zero-order valence-electron chi connectivity index (χ0n) is 18.1. The second kappa shape index (κ2) is 14.4. The highest BCUT2D eigenvalue weighted by molar-refractivity contribution is 14.0. The third-order valence-corrected chi connectivity index (χ3v) is 5.27. The maximum Gasteiger partial charge on any atom is 0.191 e. The molecule has 1 aliphatic heterocycles. The van der Waals surface area contributed by atoms with Crippen molar-refractivity contribution in [2.45, 2.75) is 58.5 Å². The molecule has 0 saturated carbocycles. The third kappa shape index (κ3) is 8.63. The van der Waals surface area contributed by atoms with Gasteiger partial charge in [-0.1, -0.05) is 19.8 Å². The van der Waals surface area contributed by atoms with E-state index < -0.39 is 0 Å². The first-order chi connectivity index (χ1) is 14.3. The SMILES string of the molecule is CCc1nncn1CCNC(=NCc1ccco1)NCCCN1CCCCCC1.I. The normalized spacial score (nSPS) is 15.4. The number of nitrogens with one attached hydrogen (secondary N) is 2. The van der Waals surface area contributed by atoms with Crippen molar-refractivity contribution in [3.05, 3.63) is 36.3 Å². The minimum Gasteiger partial charge on any atom is -0.467 e. The summed E-state index contributed by atoms with van der Waals surface area (Å²) in [7, 11) is 0. The first-order valence-corrected chi connectivity index (χ1v) is 11.0. The van der Waals surface area contributed by atoms with Crippen LogP contribution in [0.5, 0.6) is 0 Å². The maximum atomic E-state index is 5.40. The van der Waals surface area contributed by atoms with Gasteiger partial charge < -0.3 is 24.5 Å². The summed E-state index contributed by atoms with van der Waals surface area (Å²) in [6.07, 6.45) is 10.9. The molecule has 2 N–H and O–H groups in total. The summed E-state index contributed by atoms with van der Waals surface area (Å²) in [4.78, 5) is 7.27. The lowest BCUT2D eigenvalue weighted by molar-refractivity contribution is 0.282. The number of likely N-dealkylation sites (tertiary alicyclic amines) is 1. The van der Waals surface area contributed by atoms with Crippen LogP contribution in [0.1, 0.15) is 50.6 Å². The molecular weight excluding hydrogens is 493 g/mol. The zero-order valence-corrected chi connectivity index (χ0v) is 20.4. The number of hydrogen-bond donors (Lipinski definition) is 2. The monoisotopic (exact) mass is 529 g/mol. The highest BCUT2D eigenvalue weighted by atomic mass is 127. The molecule has 0 atom stereocenters. The molecule has 1 fully saturated rings. The Labute approximate surface area is 196 Å². The molecule has 1 aliphatic rings. The van der Waals surface area contributed by atoms with Gasteiger partial charge in [-0.25, -0.2) is 4.99 Å². The fourth-order valence-electron chi connectivity index (χ4n) is 3.64. The van der Waals surface area contributed by atoms with Crippen LogP contribution in [-0.2, 0) is 19.5 Å². The van der Waals surface area contributed by atoms with Crippen LogP contribution < -0.4 is 10.6 Å². The van der Waals surface area contributed by atoms with Gasteiger partial charge in [0.25, 0.3) is 0 Å². The summed E-state index contributed by atoms with van der Waals surface area (Å²) in [6, 6.07) is 3.84. The van der Waals surface area contributed by atoms with Gasteiger partial charge >= 0.3 is 0 Å².